The summed E-state index contributed by atoms with van der Waals surface area (Å²) in [6, 6.07) is 6.69. The van der Waals surface area contributed by atoms with E-state index in [-0.39, 0.29) is 11.8 Å². The van der Waals surface area contributed by atoms with Gasteiger partial charge in [0.2, 0.25) is 5.89 Å². The zero-order valence-electron chi connectivity index (χ0n) is 10.6. The Kier molecular flexibility index (Phi) is 3.21. The molecule has 1 aliphatic rings. The molecule has 3 N–H and O–H groups in total. The molecule has 1 aromatic heterocycles. The van der Waals surface area contributed by atoms with Crippen LogP contribution >= 0.6 is 0 Å². The molecule has 5 nitrogen and oxygen atoms in total. The van der Waals surface area contributed by atoms with Gasteiger partial charge in [-0.2, -0.15) is 4.98 Å². The molecule has 3 rings (SSSR count). The molecule has 1 atom stereocenters. The van der Waals surface area contributed by atoms with Crippen LogP contribution in [-0.4, -0.2) is 15.2 Å². The average Bonchev–Trinajstić information content (AvgIpc) is 2.79. The molecule has 0 bridgehead atoms. The van der Waals surface area contributed by atoms with Crippen LogP contribution in [0.2, 0.25) is 0 Å². The molecular weight excluding hydrogens is 242 g/mol. The fourth-order valence-corrected chi connectivity index (χ4v) is 2.20. The van der Waals surface area contributed by atoms with Crippen LogP contribution in [0.25, 0.3) is 0 Å². The molecule has 1 aromatic carbocycles. The van der Waals surface area contributed by atoms with Gasteiger partial charge in [0, 0.05) is 5.92 Å². The van der Waals surface area contributed by atoms with Crippen molar-refractivity contribution in [3.05, 3.63) is 41.5 Å². The Balaban J connectivity index is 1.67. The van der Waals surface area contributed by atoms with Crippen LogP contribution in [0.3, 0.4) is 0 Å². The van der Waals surface area contributed by atoms with Crippen molar-refractivity contribution in [3.8, 4) is 5.75 Å². The number of benzene rings is 1. The van der Waals surface area contributed by atoms with Crippen molar-refractivity contribution in [1.29, 1.82) is 0 Å². The van der Waals surface area contributed by atoms with E-state index in [9.17, 15) is 5.11 Å². The van der Waals surface area contributed by atoms with Crippen molar-refractivity contribution >= 4 is 0 Å². The van der Waals surface area contributed by atoms with Gasteiger partial charge in [0.25, 0.3) is 0 Å². The number of hydrogen-bond acceptors (Lipinski definition) is 5. The first-order valence-corrected chi connectivity index (χ1v) is 6.59. The highest BCUT2D eigenvalue weighted by molar-refractivity contribution is 5.26. The number of phenolic OH excluding ortho intramolecular Hbond substituents is 1. The molecule has 1 saturated carbocycles. The molecule has 1 heterocycles. The molecule has 0 amide bonds. The van der Waals surface area contributed by atoms with Crippen LogP contribution in [0.4, 0.5) is 0 Å². The fourth-order valence-electron chi connectivity index (χ4n) is 2.20. The maximum Gasteiger partial charge on any atom is 0.243 e. The third kappa shape index (κ3) is 2.61. The maximum absolute atomic E-state index is 9.23. The van der Waals surface area contributed by atoms with E-state index in [0.29, 0.717) is 18.2 Å². The van der Waals surface area contributed by atoms with Crippen LogP contribution in [0, 0.1) is 0 Å². The first kappa shape index (κ1) is 12.2. The zero-order chi connectivity index (χ0) is 13.2. The molecule has 1 unspecified atom stereocenters. The highest BCUT2D eigenvalue weighted by Gasteiger charge is 2.26. The molecule has 2 aromatic rings. The second-order valence-corrected chi connectivity index (χ2v) is 5.10. The summed E-state index contributed by atoms with van der Waals surface area (Å²) in [7, 11) is 0. The standard InChI is InChI=1S/C14H17N3O2/c15-12(8-9-4-6-11(18)7-5-9)14-16-13(17-19-14)10-2-1-3-10/h4-7,10,12,18H,1-3,8,15H2. The van der Waals surface area contributed by atoms with Gasteiger partial charge in [0.05, 0.1) is 6.04 Å². The molecule has 0 radical (unpaired) electrons. The van der Waals surface area contributed by atoms with Gasteiger partial charge in [-0.05, 0) is 37.0 Å². The average molecular weight is 259 g/mol. The number of nitrogens with zero attached hydrogens (tertiary/aromatic N) is 2. The topological polar surface area (TPSA) is 85.2 Å². The minimum atomic E-state index is -0.300. The number of phenols is 1. The fraction of sp³-hybridized carbons (Fsp3) is 0.429. The van der Waals surface area contributed by atoms with Crippen molar-refractivity contribution < 1.29 is 9.63 Å². The Labute approximate surface area is 111 Å². The van der Waals surface area contributed by atoms with Gasteiger partial charge in [0.15, 0.2) is 5.82 Å². The Morgan fingerprint density at radius 3 is 2.68 bits per heavy atom. The normalized spacial score (nSPS) is 17.1. The molecule has 1 aliphatic carbocycles. The van der Waals surface area contributed by atoms with Crippen molar-refractivity contribution in [2.24, 2.45) is 5.73 Å². The summed E-state index contributed by atoms with van der Waals surface area (Å²) in [5.41, 5.74) is 7.12. The SMILES string of the molecule is NC(Cc1ccc(O)cc1)c1nc(C2CCC2)no1. The van der Waals surface area contributed by atoms with Crippen molar-refractivity contribution in [2.45, 2.75) is 37.6 Å². The summed E-state index contributed by atoms with van der Waals surface area (Å²) < 4.78 is 5.24. The van der Waals surface area contributed by atoms with Crippen molar-refractivity contribution in [1.82, 2.24) is 10.1 Å². The van der Waals surface area contributed by atoms with E-state index in [1.807, 2.05) is 12.1 Å². The third-order valence-corrected chi connectivity index (χ3v) is 3.64. The minimum absolute atomic E-state index is 0.252. The Hall–Kier alpha value is -1.88. The van der Waals surface area contributed by atoms with E-state index >= 15 is 0 Å². The highest BCUT2D eigenvalue weighted by atomic mass is 16.5. The van der Waals surface area contributed by atoms with Gasteiger partial charge < -0.3 is 15.4 Å². The number of aromatic hydroxyl groups is 1. The largest absolute Gasteiger partial charge is 0.508 e. The van der Waals surface area contributed by atoms with E-state index in [1.54, 1.807) is 12.1 Å². The summed E-state index contributed by atoms with van der Waals surface area (Å²) in [6.07, 6.45) is 4.15. The molecule has 19 heavy (non-hydrogen) atoms. The second-order valence-electron chi connectivity index (χ2n) is 5.10. The van der Waals surface area contributed by atoms with Crippen molar-refractivity contribution in [2.75, 3.05) is 0 Å². The molecule has 5 heteroatoms. The van der Waals surface area contributed by atoms with Crippen molar-refractivity contribution in [3.63, 3.8) is 0 Å². The van der Waals surface area contributed by atoms with Crippen LogP contribution in [0.5, 0.6) is 5.75 Å². The van der Waals surface area contributed by atoms with Gasteiger partial charge in [0.1, 0.15) is 5.75 Å². The molecule has 0 spiro atoms. The van der Waals surface area contributed by atoms with Gasteiger partial charge in [-0.3, -0.25) is 0 Å². The lowest BCUT2D eigenvalue weighted by molar-refractivity contribution is 0.334. The van der Waals surface area contributed by atoms with E-state index in [4.69, 9.17) is 10.3 Å². The predicted octanol–water partition coefficient (Wildman–Crippen LogP) is 2.29. The van der Waals surface area contributed by atoms with E-state index in [2.05, 4.69) is 10.1 Å². The highest BCUT2D eigenvalue weighted by Crippen LogP contribution is 2.34. The number of nitrogens with two attached hydrogens (primary N) is 1. The Morgan fingerprint density at radius 2 is 2.05 bits per heavy atom. The summed E-state index contributed by atoms with van der Waals surface area (Å²) in [5, 5.41) is 13.2. The Bertz CT molecular complexity index is 546. The lowest BCUT2D eigenvalue weighted by atomic mass is 9.85. The molecule has 1 fully saturated rings. The number of rotatable bonds is 4. The van der Waals surface area contributed by atoms with Crippen LogP contribution < -0.4 is 5.73 Å². The predicted molar refractivity (Wildman–Crippen MR) is 69.6 cm³/mol. The van der Waals surface area contributed by atoms with Crippen LogP contribution in [0.15, 0.2) is 28.8 Å². The van der Waals surface area contributed by atoms with E-state index in [0.717, 1.165) is 24.2 Å². The first-order chi connectivity index (χ1) is 9.22. The van der Waals surface area contributed by atoms with Gasteiger partial charge in [-0.25, -0.2) is 0 Å². The van der Waals surface area contributed by atoms with E-state index < -0.39 is 0 Å². The smallest absolute Gasteiger partial charge is 0.243 e. The molecule has 100 valence electrons. The van der Waals surface area contributed by atoms with Gasteiger partial charge in [-0.1, -0.05) is 23.7 Å². The summed E-state index contributed by atoms with van der Waals surface area (Å²) >= 11 is 0. The lowest BCUT2D eigenvalue weighted by Gasteiger charge is -2.21. The number of aromatic nitrogens is 2. The third-order valence-electron chi connectivity index (χ3n) is 3.64. The maximum atomic E-state index is 9.23. The quantitative estimate of drug-likeness (QED) is 0.879. The number of hydrogen-bond donors (Lipinski definition) is 2. The zero-order valence-corrected chi connectivity index (χ0v) is 10.6. The molecular formula is C14H17N3O2. The molecule has 0 aliphatic heterocycles. The lowest BCUT2D eigenvalue weighted by Crippen LogP contribution is -2.15. The van der Waals surface area contributed by atoms with E-state index in [1.165, 1.54) is 6.42 Å². The Morgan fingerprint density at radius 1 is 1.32 bits per heavy atom. The van der Waals surface area contributed by atoms with Gasteiger partial charge in [-0.15, -0.1) is 0 Å². The van der Waals surface area contributed by atoms with Crippen LogP contribution in [-0.2, 0) is 6.42 Å². The monoisotopic (exact) mass is 259 g/mol. The minimum Gasteiger partial charge on any atom is -0.508 e. The summed E-state index contributed by atoms with van der Waals surface area (Å²) in [5.74, 6) is 2.00. The summed E-state index contributed by atoms with van der Waals surface area (Å²) in [6.45, 7) is 0. The second kappa shape index (κ2) is 5.01. The first-order valence-electron chi connectivity index (χ1n) is 6.59. The van der Waals surface area contributed by atoms with Gasteiger partial charge >= 0.3 is 0 Å². The summed E-state index contributed by atoms with van der Waals surface area (Å²) in [4.78, 5) is 4.39. The molecule has 0 saturated heterocycles. The van der Waals surface area contributed by atoms with Crippen LogP contribution in [0.1, 0.15) is 48.5 Å².